The van der Waals surface area contributed by atoms with Gasteiger partial charge in [-0.1, -0.05) is 134 Å². The normalized spacial score (nSPS) is 26.7. The van der Waals surface area contributed by atoms with E-state index in [4.69, 9.17) is 4.99 Å². The molecule has 44 heavy (non-hydrogen) atoms. The Morgan fingerprint density at radius 3 is 2.52 bits per heavy atom. The predicted molar refractivity (Wildman–Crippen MR) is 182 cm³/mol. The molecule has 206 valence electrons. The molecule has 0 saturated heterocycles. The van der Waals surface area contributed by atoms with Gasteiger partial charge in [-0.15, -0.1) is 0 Å². The lowest BCUT2D eigenvalue weighted by atomic mass is 9.62. The molecule has 7 aliphatic rings. The number of rotatable bonds is 2. The van der Waals surface area contributed by atoms with Crippen LogP contribution in [0.3, 0.4) is 0 Å². The van der Waals surface area contributed by atoms with E-state index in [1.807, 2.05) is 6.21 Å². The minimum Gasteiger partial charge on any atom is -0.280 e. The first-order valence-electron chi connectivity index (χ1n) is 15.7. The zero-order chi connectivity index (χ0) is 28.8. The second-order valence-electron chi connectivity index (χ2n) is 12.6. The molecule has 1 nitrogen and oxygen atoms in total. The maximum Gasteiger partial charge on any atom is 0.100 e. The van der Waals surface area contributed by atoms with Crippen LogP contribution in [0.25, 0.3) is 16.3 Å². The lowest BCUT2D eigenvalue weighted by Gasteiger charge is -2.42. The van der Waals surface area contributed by atoms with Gasteiger partial charge in [-0.3, -0.25) is 4.99 Å². The van der Waals surface area contributed by atoms with Crippen molar-refractivity contribution >= 4 is 22.6 Å². The van der Waals surface area contributed by atoms with Gasteiger partial charge in [-0.25, -0.2) is 0 Å². The van der Waals surface area contributed by atoms with Crippen LogP contribution in [-0.4, -0.2) is 12.3 Å². The highest BCUT2D eigenvalue weighted by molar-refractivity contribution is 5.94. The molecular formula is C43H29N. The van der Waals surface area contributed by atoms with Crippen LogP contribution >= 0.6 is 0 Å². The van der Waals surface area contributed by atoms with Gasteiger partial charge in [0.05, 0.1) is 0 Å². The molecule has 0 fully saturated rings. The van der Waals surface area contributed by atoms with Gasteiger partial charge in [-0.2, -0.15) is 0 Å². The smallest absolute Gasteiger partial charge is 0.100 e. The molecule has 6 aliphatic carbocycles. The average Bonchev–Trinajstić information content (AvgIpc) is 3.09. The van der Waals surface area contributed by atoms with Crippen LogP contribution in [0.5, 0.6) is 0 Å². The van der Waals surface area contributed by atoms with Gasteiger partial charge in [-0.05, 0) is 89.8 Å². The lowest BCUT2D eigenvalue weighted by molar-refractivity contribution is 0.652. The summed E-state index contributed by atoms with van der Waals surface area (Å²) >= 11 is 0. The Kier molecular flexibility index (Phi) is 5.01. The fraction of sp³-hybridized carbons (Fsp3) is 0.0930. The van der Waals surface area contributed by atoms with Crippen molar-refractivity contribution in [2.45, 2.75) is 12.0 Å². The highest BCUT2D eigenvalue weighted by Crippen LogP contribution is 2.56. The molecule has 0 bridgehead atoms. The summed E-state index contributed by atoms with van der Waals surface area (Å²) in [5.74, 6) is 0.721. The predicted octanol–water partition coefficient (Wildman–Crippen LogP) is 9.65. The molecule has 0 radical (unpaired) electrons. The van der Waals surface area contributed by atoms with Crippen molar-refractivity contribution < 1.29 is 0 Å². The minimum atomic E-state index is 0.0911. The number of aliphatic imine (C=N–C) groups is 1. The maximum absolute atomic E-state index is 4.91. The Morgan fingerprint density at radius 2 is 1.52 bits per heavy atom. The van der Waals surface area contributed by atoms with Gasteiger partial charge in [0.25, 0.3) is 0 Å². The van der Waals surface area contributed by atoms with E-state index in [1.165, 1.54) is 77.6 Å². The number of fused-ring (bicyclic) bond motifs is 5. The molecular weight excluding hydrogens is 530 g/mol. The Bertz CT molecular complexity index is 2220. The second kappa shape index (κ2) is 9.11. The molecule has 1 aliphatic heterocycles. The Morgan fingerprint density at radius 1 is 0.636 bits per heavy atom. The molecule has 0 amide bonds. The first-order chi connectivity index (χ1) is 21.8. The van der Waals surface area contributed by atoms with Crippen LogP contribution in [0.15, 0.2) is 195 Å². The second-order valence-corrected chi connectivity index (χ2v) is 12.6. The van der Waals surface area contributed by atoms with Crippen molar-refractivity contribution in [2.75, 3.05) is 0 Å². The van der Waals surface area contributed by atoms with Crippen LogP contribution in [0.1, 0.15) is 22.6 Å². The number of hydrogen-bond donors (Lipinski definition) is 0. The van der Waals surface area contributed by atoms with E-state index in [0.717, 1.165) is 0 Å². The molecule has 1 heteroatoms. The van der Waals surface area contributed by atoms with Crippen molar-refractivity contribution in [3.63, 3.8) is 0 Å². The first-order valence-corrected chi connectivity index (χ1v) is 15.7. The molecule has 4 unspecified atom stereocenters. The van der Waals surface area contributed by atoms with Crippen LogP contribution < -0.4 is 0 Å². The summed E-state index contributed by atoms with van der Waals surface area (Å²) in [6.45, 7) is 0. The monoisotopic (exact) mass is 559 g/mol. The first kappa shape index (κ1) is 24.2. The Hall–Kier alpha value is -5.27. The molecule has 0 aromatic heterocycles. The Labute approximate surface area is 257 Å². The maximum atomic E-state index is 4.91. The lowest BCUT2D eigenvalue weighted by Crippen LogP contribution is -2.30. The fourth-order valence-corrected chi connectivity index (χ4v) is 8.66. The zero-order valence-corrected chi connectivity index (χ0v) is 24.2. The summed E-state index contributed by atoms with van der Waals surface area (Å²) in [5, 5.41) is 2.64. The summed E-state index contributed by atoms with van der Waals surface area (Å²) < 4.78 is 0. The standard InChI is InChI=1S/C43H29N/c1-2-12-30-26(9-1)10-7-17-31(30)41-32-13-3-5-15-34(32)42(35-16-6-4-14-33(35)41)37-21-18-27-19-23-38-40-28(20-22-36(37)39(27)40)25-29-11-8-24-44-43(29)38/h1-25,32,39,41,43H. The van der Waals surface area contributed by atoms with E-state index in [2.05, 4.69) is 146 Å². The van der Waals surface area contributed by atoms with Gasteiger partial charge >= 0.3 is 0 Å². The van der Waals surface area contributed by atoms with Crippen LogP contribution in [0.2, 0.25) is 0 Å². The van der Waals surface area contributed by atoms with Crippen LogP contribution in [0.4, 0.5) is 0 Å². The van der Waals surface area contributed by atoms with Crippen molar-refractivity contribution in [1.29, 1.82) is 0 Å². The molecule has 0 saturated carbocycles. The van der Waals surface area contributed by atoms with Gasteiger partial charge < -0.3 is 0 Å². The van der Waals surface area contributed by atoms with Crippen molar-refractivity contribution in [2.24, 2.45) is 16.8 Å². The van der Waals surface area contributed by atoms with Crippen molar-refractivity contribution in [1.82, 2.24) is 0 Å². The number of hydrogen-bond acceptors (Lipinski definition) is 1. The summed E-state index contributed by atoms with van der Waals surface area (Å²) in [5.41, 5.74) is 16.5. The molecule has 3 aromatic carbocycles. The highest BCUT2D eigenvalue weighted by atomic mass is 14.8. The number of allylic oxidation sites excluding steroid dienone is 18. The van der Waals surface area contributed by atoms with Crippen molar-refractivity contribution in [3.8, 4) is 0 Å². The Balaban J connectivity index is 1.20. The summed E-state index contributed by atoms with van der Waals surface area (Å²) in [7, 11) is 0. The van der Waals surface area contributed by atoms with Gasteiger partial charge in [0, 0.05) is 24.0 Å². The minimum absolute atomic E-state index is 0.0911. The van der Waals surface area contributed by atoms with Gasteiger partial charge in [0.15, 0.2) is 0 Å². The third-order valence-corrected chi connectivity index (χ3v) is 10.5. The number of benzene rings is 3. The number of nitrogens with zero attached hydrogens (tertiary/aromatic N) is 1. The van der Waals surface area contributed by atoms with Gasteiger partial charge in [0.1, 0.15) is 6.04 Å². The summed E-state index contributed by atoms with van der Waals surface area (Å²) in [4.78, 5) is 4.91. The SMILES string of the molecule is C1=CC2=CC3=C4C(=CC=C5C=CC(C6=C7C=CC=CC7C(c7cccc8ccccc78)c7ccccc76)=C(C=C3)C54)C2N=C1. The molecule has 3 aromatic rings. The zero-order valence-electron chi connectivity index (χ0n) is 24.2. The molecule has 10 rings (SSSR count). The number of dihydropyridines is 1. The van der Waals surface area contributed by atoms with Crippen LogP contribution in [0, 0.1) is 11.8 Å². The third kappa shape index (κ3) is 3.27. The van der Waals surface area contributed by atoms with E-state index in [9.17, 15) is 0 Å². The van der Waals surface area contributed by atoms with E-state index < -0.39 is 0 Å². The molecule has 4 atom stereocenters. The summed E-state index contributed by atoms with van der Waals surface area (Å²) in [6.07, 6.45) is 32.0. The van der Waals surface area contributed by atoms with E-state index in [0.29, 0.717) is 0 Å². The van der Waals surface area contributed by atoms with Gasteiger partial charge in [0.2, 0.25) is 0 Å². The third-order valence-electron chi connectivity index (χ3n) is 10.5. The fourth-order valence-electron chi connectivity index (χ4n) is 8.66. The summed E-state index contributed by atoms with van der Waals surface area (Å²) in [6, 6.07) is 24.9. The molecule has 0 N–H and O–H groups in total. The molecule has 0 spiro atoms. The average molecular weight is 560 g/mol. The quantitative estimate of drug-likeness (QED) is 0.296. The molecule has 1 heterocycles. The highest BCUT2D eigenvalue weighted by Gasteiger charge is 2.41. The van der Waals surface area contributed by atoms with Crippen LogP contribution in [-0.2, 0) is 0 Å². The van der Waals surface area contributed by atoms with E-state index >= 15 is 0 Å². The van der Waals surface area contributed by atoms with E-state index in [1.54, 1.807) is 0 Å². The van der Waals surface area contributed by atoms with E-state index in [-0.39, 0.29) is 23.8 Å². The topological polar surface area (TPSA) is 12.4 Å². The van der Waals surface area contributed by atoms with Crippen molar-refractivity contribution in [3.05, 3.63) is 207 Å². The largest absolute Gasteiger partial charge is 0.280 e.